The van der Waals surface area contributed by atoms with Gasteiger partial charge in [-0.05, 0) is 11.6 Å². The lowest BCUT2D eigenvalue weighted by atomic mass is 10.1. The fourth-order valence-electron chi connectivity index (χ4n) is 2.29. The van der Waals surface area contributed by atoms with Gasteiger partial charge in [0.2, 0.25) is 10.0 Å². The Balaban J connectivity index is 2.01. The molecule has 3 aromatic rings. The number of rotatable bonds is 5. The van der Waals surface area contributed by atoms with Gasteiger partial charge in [0.25, 0.3) is 0 Å². The molecule has 23 heavy (non-hydrogen) atoms. The number of thiophene rings is 1. The Morgan fingerprint density at radius 2 is 1.70 bits per heavy atom. The fraction of sp³-hybridized carbons (Fsp3) is 0.0625. The van der Waals surface area contributed by atoms with Gasteiger partial charge < -0.3 is 5.11 Å². The van der Waals surface area contributed by atoms with Crippen molar-refractivity contribution < 1.29 is 18.3 Å². The highest BCUT2D eigenvalue weighted by Gasteiger charge is 2.28. The van der Waals surface area contributed by atoms with Gasteiger partial charge in [-0.15, -0.1) is 11.3 Å². The smallest absolute Gasteiger partial charge is 0.326 e. The first-order valence-corrected chi connectivity index (χ1v) is 9.11. The van der Waals surface area contributed by atoms with E-state index in [1.165, 1.54) is 16.7 Å². The molecule has 7 heteroatoms. The van der Waals surface area contributed by atoms with Gasteiger partial charge in [-0.25, -0.2) is 8.42 Å². The van der Waals surface area contributed by atoms with Crippen LogP contribution in [0.25, 0.3) is 10.1 Å². The fourth-order valence-corrected chi connectivity index (χ4v) is 4.97. The summed E-state index contributed by atoms with van der Waals surface area (Å²) in [5.41, 5.74) is 0.378. The lowest BCUT2D eigenvalue weighted by Gasteiger charge is -2.14. The Kier molecular flexibility index (Phi) is 4.16. The van der Waals surface area contributed by atoms with E-state index in [1.54, 1.807) is 42.5 Å². The Hall–Kier alpha value is -2.22. The summed E-state index contributed by atoms with van der Waals surface area (Å²) in [6.07, 6.45) is 0. The molecule has 118 valence electrons. The van der Waals surface area contributed by atoms with Crippen molar-refractivity contribution in [2.24, 2.45) is 0 Å². The van der Waals surface area contributed by atoms with Crippen molar-refractivity contribution in [3.63, 3.8) is 0 Å². The molecule has 1 atom stereocenters. The van der Waals surface area contributed by atoms with Crippen LogP contribution in [-0.2, 0) is 14.8 Å². The third kappa shape index (κ3) is 3.12. The molecule has 2 N–H and O–H groups in total. The third-order valence-electron chi connectivity index (χ3n) is 3.39. The molecule has 0 fully saturated rings. The highest BCUT2D eigenvalue weighted by molar-refractivity contribution is 7.90. The second-order valence-corrected chi connectivity index (χ2v) is 7.49. The molecular weight excluding hydrogens is 334 g/mol. The van der Waals surface area contributed by atoms with Crippen molar-refractivity contribution in [1.82, 2.24) is 4.72 Å². The van der Waals surface area contributed by atoms with E-state index in [-0.39, 0.29) is 4.90 Å². The molecule has 1 heterocycles. The number of hydrogen-bond acceptors (Lipinski definition) is 4. The van der Waals surface area contributed by atoms with Gasteiger partial charge in [-0.2, -0.15) is 4.72 Å². The van der Waals surface area contributed by atoms with Crippen molar-refractivity contribution >= 4 is 37.4 Å². The summed E-state index contributed by atoms with van der Waals surface area (Å²) in [5, 5.41) is 11.5. The summed E-state index contributed by atoms with van der Waals surface area (Å²) in [7, 11) is -3.96. The highest BCUT2D eigenvalue weighted by Crippen LogP contribution is 2.30. The predicted molar refractivity (Wildman–Crippen MR) is 89.0 cm³/mol. The average Bonchev–Trinajstić information content (AvgIpc) is 2.98. The minimum absolute atomic E-state index is 0.0975. The molecule has 1 aromatic heterocycles. The minimum Gasteiger partial charge on any atom is -0.480 e. The SMILES string of the molecule is O=C(O)[C@@H](NS(=O)(=O)c1csc2ccccc12)c1ccccc1. The van der Waals surface area contributed by atoms with Gasteiger partial charge in [0.15, 0.2) is 0 Å². The van der Waals surface area contributed by atoms with Crippen LogP contribution in [0.4, 0.5) is 0 Å². The molecule has 0 bridgehead atoms. The molecule has 0 amide bonds. The molecule has 3 rings (SSSR count). The molecule has 0 saturated carbocycles. The molecule has 0 unspecified atom stereocenters. The maximum absolute atomic E-state index is 12.6. The van der Waals surface area contributed by atoms with Crippen LogP contribution >= 0.6 is 11.3 Å². The van der Waals surface area contributed by atoms with Crippen molar-refractivity contribution in [3.8, 4) is 0 Å². The monoisotopic (exact) mass is 347 g/mol. The number of fused-ring (bicyclic) bond motifs is 1. The molecule has 0 saturated heterocycles. The molecular formula is C16H13NO4S2. The number of nitrogens with one attached hydrogen (secondary N) is 1. The van der Waals surface area contributed by atoms with Gasteiger partial charge in [-0.1, -0.05) is 48.5 Å². The summed E-state index contributed by atoms with van der Waals surface area (Å²) in [5.74, 6) is -1.25. The van der Waals surface area contributed by atoms with Gasteiger partial charge in [0, 0.05) is 15.5 Å². The zero-order valence-corrected chi connectivity index (χ0v) is 13.5. The van der Waals surface area contributed by atoms with E-state index in [0.29, 0.717) is 10.9 Å². The average molecular weight is 347 g/mol. The number of benzene rings is 2. The van der Waals surface area contributed by atoms with Crippen molar-refractivity contribution in [1.29, 1.82) is 0 Å². The molecule has 0 radical (unpaired) electrons. The first-order chi connectivity index (χ1) is 11.0. The van der Waals surface area contributed by atoms with E-state index in [2.05, 4.69) is 4.72 Å². The van der Waals surface area contributed by atoms with Crippen LogP contribution in [0.2, 0.25) is 0 Å². The van der Waals surface area contributed by atoms with Crippen LogP contribution in [0.3, 0.4) is 0 Å². The van der Waals surface area contributed by atoms with Crippen LogP contribution in [0.15, 0.2) is 64.9 Å². The highest BCUT2D eigenvalue weighted by atomic mass is 32.2. The maximum atomic E-state index is 12.6. The second-order valence-electron chi connectivity index (χ2n) is 4.90. The van der Waals surface area contributed by atoms with Crippen molar-refractivity contribution in [2.75, 3.05) is 0 Å². The van der Waals surface area contributed by atoms with E-state index in [4.69, 9.17) is 0 Å². The number of carboxylic acids is 1. The van der Waals surface area contributed by atoms with Crippen LogP contribution < -0.4 is 4.72 Å². The normalized spacial score (nSPS) is 13.0. The van der Waals surface area contributed by atoms with E-state index < -0.39 is 22.0 Å². The summed E-state index contributed by atoms with van der Waals surface area (Å²) in [6.45, 7) is 0. The zero-order chi connectivity index (χ0) is 16.4. The van der Waals surface area contributed by atoms with Crippen LogP contribution in [0.1, 0.15) is 11.6 Å². The van der Waals surface area contributed by atoms with Gasteiger partial charge in [0.05, 0.1) is 0 Å². The first-order valence-electron chi connectivity index (χ1n) is 6.75. The lowest BCUT2D eigenvalue weighted by Crippen LogP contribution is -2.33. The topological polar surface area (TPSA) is 83.5 Å². The summed E-state index contributed by atoms with van der Waals surface area (Å²) in [6, 6.07) is 14.0. The van der Waals surface area contributed by atoms with E-state index in [0.717, 1.165) is 4.70 Å². The molecule has 0 aliphatic heterocycles. The van der Waals surface area contributed by atoms with Gasteiger partial charge in [-0.3, -0.25) is 4.79 Å². The number of hydrogen-bond donors (Lipinski definition) is 2. The third-order valence-corrected chi connectivity index (χ3v) is 5.96. The lowest BCUT2D eigenvalue weighted by molar-refractivity contribution is -0.139. The van der Waals surface area contributed by atoms with E-state index in [9.17, 15) is 18.3 Å². The number of carboxylic acid groups (broad SMARTS) is 1. The molecule has 0 aliphatic carbocycles. The standard InChI is InChI=1S/C16H13NO4S2/c18-16(19)15(11-6-2-1-3-7-11)17-23(20,21)14-10-22-13-9-5-4-8-12(13)14/h1-10,15,17H,(H,18,19)/t15-/m0/s1. The largest absolute Gasteiger partial charge is 0.480 e. The van der Waals surface area contributed by atoms with Crippen LogP contribution in [0.5, 0.6) is 0 Å². The van der Waals surface area contributed by atoms with Gasteiger partial charge >= 0.3 is 5.97 Å². The predicted octanol–water partition coefficient (Wildman–Crippen LogP) is 3.01. The molecule has 0 aliphatic rings. The summed E-state index contributed by atoms with van der Waals surface area (Å²) >= 11 is 1.31. The first kappa shape index (κ1) is 15.7. The minimum atomic E-state index is -3.96. The van der Waals surface area contributed by atoms with Crippen molar-refractivity contribution in [2.45, 2.75) is 10.9 Å². The summed E-state index contributed by atoms with van der Waals surface area (Å²) < 4.78 is 28.4. The van der Waals surface area contributed by atoms with Crippen molar-refractivity contribution in [3.05, 3.63) is 65.5 Å². The quantitative estimate of drug-likeness (QED) is 0.743. The number of carbonyl (C=O) groups is 1. The second kappa shape index (κ2) is 6.11. The molecule has 5 nitrogen and oxygen atoms in total. The van der Waals surface area contributed by atoms with Crippen LogP contribution in [0, 0.1) is 0 Å². The Labute approximate surface area is 137 Å². The number of aliphatic carboxylic acids is 1. The summed E-state index contributed by atoms with van der Waals surface area (Å²) in [4.78, 5) is 11.6. The van der Waals surface area contributed by atoms with Crippen LogP contribution in [-0.4, -0.2) is 19.5 Å². The molecule has 2 aromatic carbocycles. The Morgan fingerprint density at radius 1 is 1.04 bits per heavy atom. The molecule has 0 spiro atoms. The maximum Gasteiger partial charge on any atom is 0.326 e. The van der Waals surface area contributed by atoms with E-state index in [1.807, 2.05) is 12.1 Å². The Bertz CT molecular complexity index is 948. The Morgan fingerprint density at radius 3 is 2.39 bits per heavy atom. The van der Waals surface area contributed by atoms with Gasteiger partial charge in [0.1, 0.15) is 10.9 Å². The van der Waals surface area contributed by atoms with E-state index >= 15 is 0 Å². The zero-order valence-electron chi connectivity index (χ0n) is 11.8. The number of sulfonamides is 1.